The van der Waals surface area contributed by atoms with Crippen LogP contribution in [-0.4, -0.2) is 66.0 Å². The smallest absolute Gasteiger partial charge is 0.229 e. The largest absolute Gasteiger partial charge is 0.332 e. The molecule has 2 amide bonds. The maximum absolute atomic E-state index is 12.5. The molecule has 0 aromatic carbocycles. The fraction of sp³-hybridized carbons (Fsp3) is 0.714. The third-order valence-corrected chi connectivity index (χ3v) is 6.79. The second-order valence-electron chi connectivity index (χ2n) is 8.74. The van der Waals surface area contributed by atoms with Crippen molar-refractivity contribution in [2.75, 3.05) is 44.2 Å². The first kappa shape index (κ1) is 19.3. The molecule has 0 radical (unpaired) electrons. The number of hydrogen-bond acceptors (Lipinski definition) is 5. The predicted molar refractivity (Wildman–Crippen MR) is 106 cm³/mol. The molecule has 0 atom stereocenters. The summed E-state index contributed by atoms with van der Waals surface area (Å²) in [5.41, 5.74) is 0.0109. The van der Waals surface area contributed by atoms with Gasteiger partial charge in [0.1, 0.15) is 0 Å². The van der Waals surface area contributed by atoms with E-state index in [9.17, 15) is 9.59 Å². The Morgan fingerprint density at radius 2 is 1.61 bits per heavy atom. The second-order valence-corrected chi connectivity index (χ2v) is 8.74. The van der Waals surface area contributed by atoms with Crippen molar-refractivity contribution in [1.82, 2.24) is 14.9 Å². The molecule has 0 unspecified atom stereocenters. The lowest BCUT2D eigenvalue weighted by Gasteiger charge is -2.37. The highest BCUT2D eigenvalue weighted by Crippen LogP contribution is 2.46. The van der Waals surface area contributed by atoms with E-state index in [1.165, 1.54) is 12.8 Å². The minimum atomic E-state index is 0.0109. The number of quaternary nitrogens is 1. The summed E-state index contributed by atoms with van der Waals surface area (Å²) in [6, 6.07) is 1.84. The number of unbranched alkanes of at least 4 members (excludes halogenated alkanes) is 1. The normalized spacial score (nSPS) is 23.0. The summed E-state index contributed by atoms with van der Waals surface area (Å²) >= 11 is 0. The van der Waals surface area contributed by atoms with Crippen LogP contribution < -0.4 is 9.80 Å². The molecule has 1 aromatic rings. The van der Waals surface area contributed by atoms with Gasteiger partial charge in [0.2, 0.25) is 17.8 Å². The Labute approximate surface area is 167 Å². The van der Waals surface area contributed by atoms with Gasteiger partial charge in [0, 0.05) is 31.8 Å². The summed E-state index contributed by atoms with van der Waals surface area (Å²) in [5.74, 6) is 0.965. The van der Waals surface area contributed by atoms with Crippen LogP contribution in [0.15, 0.2) is 18.5 Å². The maximum Gasteiger partial charge on any atom is 0.229 e. The molecule has 7 nitrogen and oxygen atoms in total. The molecule has 3 aliphatic rings. The van der Waals surface area contributed by atoms with Crippen molar-refractivity contribution in [1.29, 1.82) is 0 Å². The van der Waals surface area contributed by atoms with Gasteiger partial charge in [-0.3, -0.25) is 14.5 Å². The van der Waals surface area contributed by atoms with Crippen molar-refractivity contribution in [3.05, 3.63) is 18.5 Å². The third-order valence-electron chi connectivity index (χ3n) is 6.79. The number of nitrogens with one attached hydrogen (secondary N) is 1. The number of piperazine rings is 1. The van der Waals surface area contributed by atoms with Crippen molar-refractivity contribution < 1.29 is 14.5 Å². The molecule has 1 N–H and O–H groups in total. The number of rotatable bonds is 6. The summed E-state index contributed by atoms with van der Waals surface area (Å²) in [7, 11) is 0. The predicted octanol–water partition coefficient (Wildman–Crippen LogP) is 0.671. The van der Waals surface area contributed by atoms with Crippen LogP contribution in [0.5, 0.6) is 0 Å². The van der Waals surface area contributed by atoms with Crippen LogP contribution in [0.3, 0.4) is 0 Å². The number of carbonyl (C=O) groups is 2. The van der Waals surface area contributed by atoms with Gasteiger partial charge in [-0.05, 0) is 37.2 Å². The highest BCUT2D eigenvalue weighted by atomic mass is 16.2. The number of piperidine rings is 1. The fourth-order valence-corrected chi connectivity index (χ4v) is 5.13. The molecular weight excluding hydrogens is 354 g/mol. The molecule has 7 heteroatoms. The summed E-state index contributed by atoms with van der Waals surface area (Å²) < 4.78 is 0. The van der Waals surface area contributed by atoms with E-state index in [-0.39, 0.29) is 17.2 Å². The summed E-state index contributed by atoms with van der Waals surface area (Å²) in [6.07, 6.45) is 11.2. The van der Waals surface area contributed by atoms with Crippen LogP contribution >= 0.6 is 0 Å². The van der Waals surface area contributed by atoms with E-state index in [2.05, 4.69) is 14.9 Å². The second kappa shape index (κ2) is 8.55. The van der Waals surface area contributed by atoms with Crippen molar-refractivity contribution >= 4 is 17.8 Å². The minimum Gasteiger partial charge on any atom is -0.332 e. The molecule has 3 heterocycles. The zero-order valence-corrected chi connectivity index (χ0v) is 16.7. The number of amides is 2. The minimum absolute atomic E-state index is 0.0109. The first-order valence-corrected chi connectivity index (χ1v) is 10.8. The molecule has 1 aromatic heterocycles. The average Bonchev–Trinajstić information content (AvgIpc) is 3.15. The number of anilines is 1. The standard InChI is InChI=1S/C21H31N5O2/c27-18-16-21(6-1-2-7-21)17-19(28)26(18)11-4-3-10-24-12-14-25(15-13-24)20-22-8-5-9-23-20/h5,8-9H,1-4,6-7,10-17H2/p+1. The number of imide groups is 1. The molecule has 2 aliphatic heterocycles. The lowest BCUT2D eigenvalue weighted by molar-refractivity contribution is -0.900. The SMILES string of the molecule is O=C1CC2(CCCC2)CC(=O)N1CCCC[NH+]1CCN(c2ncccn2)CC1. The number of nitrogens with zero attached hydrogens (tertiary/aromatic N) is 4. The van der Waals surface area contributed by atoms with E-state index in [4.69, 9.17) is 0 Å². The number of hydrogen-bond donors (Lipinski definition) is 1. The Morgan fingerprint density at radius 1 is 0.964 bits per heavy atom. The van der Waals surface area contributed by atoms with Crippen LogP contribution in [0, 0.1) is 5.41 Å². The van der Waals surface area contributed by atoms with Crippen LogP contribution in [0.4, 0.5) is 5.95 Å². The summed E-state index contributed by atoms with van der Waals surface area (Å²) in [4.78, 5) is 39.1. The molecule has 1 saturated carbocycles. The zero-order valence-electron chi connectivity index (χ0n) is 16.7. The number of carbonyl (C=O) groups excluding carboxylic acids is 2. The van der Waals surface area contributed by atoms with Crippen molar-refractivity contribution in [2.24, 2.45) is 5.41 Å². The zero-order chi connectivity index (χ0) is 19.4. The van der Waals surface area contributed by atoms with Gasteiger partial charge in [-0.25, -0.2) is 9.97 Å². The van der Waals surface area contributed by atoms with E-state index in [0.717, 1.165) is 64.4 Å². The van der Waals surface area contributed by atoms with E-state index in [1.807, 2.05) is 6.07 Å². The van der Waals surface area contributed by atoms with E-state index >= 15 is 0 Å². The Hall–Kier alpha value is -2.02. The first-order chi connectivity index (χ1) is 13.7. The molecule has 28 heavy (non-hydrogen) atoms. The Balaban J connectivity index is 1.16. The molecule has 152 valence electrons. The van der Waals surface area contributed by atoms with Crippen LogP contribution in [0.2, 0.25) is 0 Å². The molecule has 3 fully saturated rings. The van der Waals surface area contributed by atoms with E-state index < -0.39 is 0 Å². The lowest BCUT2D eigenvalue weighted by atomic mass is 9.76. The first-order valence-electron chi connectivity index (χ1n) is 10.8. The van der Waals surface area contributed by atoms with E-state index in [0.29, 0.717) is 19.4 Å². The topological polar surface area (TPSA) is 70.8 Å². The van der Waals surface area contributed by atoms with Crippen LogP contribution in [-0.2, 0) is 9.59 Å². The molecule has 1 aliphatic carbocycles. The quantitative estimate of drug-likeness (QED) is 0.575. The maximum atomic E-state index is 12.5. The molecule has 4 rings (SSSR count). The van der Waals surface area contributed by atoms with Crippen LogP contribution in [0.25, 0.3) is 0 Å². The summed E-state index contributed by atoms with van der Waals surface area (Å²) in [5, 5.41) is 0. The Bertz CT molecular complexity index is 661. The summed E-state index contributed by atoms with van der Waals surface area (Å²) in [6.45, 7) is 5.83. The fourth-order valence-electron chi connectivity index (χ4n) is 5.13. The van der Waals surface area contributed by atoms with Gasteiger partial charge in [-0.1, -0.05) is 12.8 Å². The number of likely N-dealkylation sites (tertiary alicyclic amines) is 1. The van der Waals surface area contributed by atoms with Crippen molar-refractivity contribution in [3.8, 4) is 0 Å². The molecule has 1 spiro atoms. The molecule has 2 saturated heterocycles. The molecule has 0 bridgehead atoms. The van der Waals surface area contributed by atoms with Gasteiger partial charge >= 0.3 is 0 Å². The van der Waals surface area contributed by atoms with Crippen molar-refractivity contribution in [3.63, 3.8) is 0 Å². The van der Waals surface area contributed by atoms with Gasteiger partial charge in [0.25, 0.3) is 0 Å². The number of aromatic nitrogens is 2. The van der Waals surface area contributed by atoms with E-state index in [1.54, 1.807) is 22.2 Å². The highest BCUT2D eigenvalue weighted by Gasteiger charge is 2.44. The Kier molecular flexibility index (Phi) is 5.90. The van der Waals surface area contributed by atoms with Gasteiger partial charge in [0.15, 0.2) is 0 Å². The lowest BCUT2D eigenvalue weighted by Crippen LogP contribution is -3.14. The van der Waals surface area contributed by atoms with Gasteiger partial charge < -0.3 is 9.80 Å². The third kappa shape index (κ3) is 4.35. The monoisotopic (exact) mass is 386 g/mol. The van der Waals surface area contributed by atoms with Gasteiger partial charge in [-0.15, -0.1) is 0 Å². The highest BCUT2D eigenvalue weighted by molar-refractivity contribution is 5.98. The average molecular weight is 387 g/mol. The molecular formula is C21H32N5O2+. The van der Waals surface area contributed by atoms with Crippen molar-refractivity contribution in [2.45, 2.75) is 51.4 Å². The van der Waals surface area contributed by atoms with Gasteiger partial charge in [-0.2, -0.15) is 0 Å². The van der Waals surface area contributed by atoms with Crippen LogP contribution in [0.1, 0.15) is 51.4 Å². The van der Waals surface area contributed by atoms with Gasteiger partial charge in [0.05, 0.1) is 32.7 Å². The Morgan fingerprint density at radius 3 is 2.25 bits per heavy atom.